The Morgan fingerprint density at radius 3 is 2.14 bits per heavy atom. The summed E-state index contributed by atoms with van der Waals surface area (Å²) in [6.07, 6.45) is 6.02. The van der Waals surface area contributed by atoms with Gasteiger partial charge in [0, 0.05) is 19.5 Å². The van der Waals surface area contributed by atoms with Gasteiger partial charge in [-0.1, -0.05) is 6.42 Å². The first-order valence-electron chi connectivity index (χ1n) is 10.8. The van der Waals surface area contributed by atoms with Gasteiger partial charge in [0.15, 0.2) is 5.82 Å². The summed E-state index contributed by atoms with van der Waals surface area (Å²) in [7, 11) is -3.62. The van der Waals surface area contributed by atoms with Crippen LogP contribution in [-0.2, 0) is 23.0 Å². The lowest BCUT2D eigenvalue weighted by atomic mass is 9.95. The molecule has 0 amide bonds. The normalized spacial score (nSPS) is 20.7. The standard InChI is InChI=1S/C22H32N4O2S/c1-14-15(2)17(4)21(18(5)16(14)3)29(27,28)26-13-9-10-19(26)22-24-23-20-11-7-6-8-12-25(20)22/h19H,6-13H2,1-5H3. The number of aromatic nitrogens is 3. The second-order valence-electron chi connectivity index (χ2n) is 8.66. The van der Waals surface area contributed by atoms with Crippen molar-refractivity contribution in [1.29, 1.82) is 0 Å². The Balaban J connectivity index is 1.80. The van der Waals surface area contributed by atoms with Crippen molar-refractivity contribution in [3.05, 3.63) is 39.5 Å². The zero-order valence-electron chi connectivity index (χ0n) is 18.2. The van der Waals surface area contributed by atoms with Gasteiger partial charge in [0.05, 0.1) is 10.9 Å². The third kappa shape index (κ3) is 3.22. The van der Waals surface area contributed by atoms with E-state index in [1.54, 1.807) is 4.31 Å². The maximum atomic E-state index is 13.9. The van der Waals surface area contributed by atoms with Crippen LogP contribution in [0.2, 0.25) is 0 Å². The van der Waals surface area contributed by atoms with E-state index < -0.39 is 10.0 Å². The monoisotopic (exact) mass is 416 g/mol. The molecule has 2 aliphatic rings. The molecule has 4 rings (SSSR count). The van der Waals surface area contributed by atoms with Crippen LogP contribution in [0.4, 0.5) is 0 Å². The van der Waals surface area contributed by atoms with Crippen molar-refractivity contribution in [2.45, 2.75) is 90.6 Å². The Bertz CT molecular complexity index is 1030. The molecule has 2 aliphatic heterocycles. The smallest absolute Gasteiger partial charge is 0.244 e. The molecule has 29 heavy (non-hydrogen) atoms. The van der Waals surface area contributed by atoms with E-state index in [9.17, 15) is 8.42 Å². The Labute approximate surface area is 174 Å². The number of nitrogens with zero attached hydrogens (tertiary/aromatic N) is 4. The van der Waals surface area contributed by atoms with E-state index >= 15 is 0 Å². The molecule has 0 radical (unpaired) electrons. The molecular formula is C22H32N4O2S. The summed E-state index contributed by atoms with van der Waals surface area (Å²) < 4.78 is 31.7. The highest BCUT2D eigenvalue weighted by Gasteiger charge is 2.41. The van der Waals surface area contributed by atoms with Gasteiger partial charge in [0.25, 0.3) is 0 Å². The van der Waals surface area contributed by atoms with E-state index in [4.69, 9.17) is 0 Å². The Hall–Kier alpha value is -1.73. The van der Waals surface area contributed by atoms with Crippen molar-refractivity contribution < 1.29 is 8.42 Å². The van der Waals surface area contributed by atoms with E-state index in [-0.39, 0.29) is 6.04 Å². The minimum Gasteiger partial charge on any atom is -0.314 e. The summed E-state index contributed by atoms with van der Waals surface area (Å²) in [5, 5.41) is 8.90. The van der Waals surface area contributed by atoms with Crippen molar-refractivity contribution in [1.82, 2.24) is 19.1 Å². The van der Waals surface area contributed by atoms with Crippen molar-refractivity contribution in [2.75, 3.05) is 6.54 Å². The van der Waals surface area contributed by atoms with Gasteiger partial charge in [-0.2, -0.15) is 4.31 Å². The topological polar surface area (TPSA) is 68.1 Å². The first kappa shape index (κ1) is 20.5. The second-order valence-corrected chi connectivity index (χ2v) is 10.5. The zero-order chi connectivity index (χ0) is 20.9. The number of hydrogen-bond acceptors (Lipinski definition) is 4. The summed E-state index contributed by atoms with van der Waals surface area (Å²) in [5.74, 6) is 1.84. The average Bonchev–Trinajstić information content (AvgIpc) is 3.26. The third-order valence-electron chi connectivity index (χ3n) is 7.14. The predicted octanol–water partition coefficient (Wildman–Crippen LogP) is 4.07. The van der Waals surface area contributed by atoms with Crippen molar-refractivity contribution in [2.24, 2.45) is 0 Å². The lowest BCUT2D eigenvalue weighted by Gasteiger charge is -2.27. The van der Waals surface area contributed by atoms with Crippen LogP contribution in [0.1, 0.15) is 77.6 Å². The Kier molecular flexibility index (Phi) is 5.32. The molecule has 158 valence electrons. The molecule has 1 fully saturated rings. The van der Waals surface area contributed by atoms with Gasteiger partial charge in [-0.25, -0.2) is 8.42 Å². The summed E-state index contributed by atoms with van der Waals surface area (Å²) in [4.78, 5) is 0.487. The van der Waals surface area contributed by atoms with Crippen LogP contribution >= 0.6 is 0 Å². The van der Waals surface area contributed by atoms with Gasteiger partial charge in [0.1, 0.15) is 5.82 Å². The first-order chi connectivity index (χ1) is 13.7. The van der Waals surface area contributed by atoms with Crippen LogP contribution in [-0.4, -0.2) is 34.0 Å². The van der Waals surface area contributed by atoms with Crippen molar-refractivity contribution >= 4 is 10.0 Å². The van der Waals surface area contributed by atoms with Crippen LogP contribution in [0.15, 0.2) is 4.90 Å². The van der Waals surface area contributed by atoms with Crippen LogP contribution in [0, 0.1) is 34.6 Å². The van der Waals surface area contributed by atoms with Gasteiger partial charge < -0.3 is 4.57 Å². The SMILES string of the molecule is Cc1c(C)c(C)c(S(=O)(=O)N2CCCC2c2nnc3n2CCCCC3)c(C)c1C. The molecule has 1 aromatic carbocycles. The molecule has 6 nitrogen and oxygen atoms in total. The molecule has 0 spiro atoms. The lowest BCUT2D eigenvalue weighted by Crippen LogP contribution is -2.33. The average molecular weight is 417 g/mol. The lowest BCUT2D eigenvalue weighted by molar-refractivity contribution is 0.370. The molecule has 7 heteroatoms. The van der Waals surface area contributed by atoms with Gasteiger partial charge >= 0.3 is 0 Å². The minimum atomic E-state index is -3.62. The second kappa shape index (κ2) is 7.51. The van der Waals surface area contributed by atoms with E-state index in [1.807, 2.05) is 27.7 Å². The van der Waals surface area contributed by atoms with Gasteiger partial charge in [0.2, 0.25) is 10.0 Å². The molecule has 0 saturated carbocycles. The number of sulfonamides is 1. The minimum absolute atomic E-state index is 0.222. The number of benzene rings is 1. The maximum absolute atomic E-state index is 13.9. The molecule has 1 aromatic heterocycles. The molecule has 1 atom stereocenters. The van der Waals surface area contributed by atoms with Crippen LogP contribution < -0.4 is 0 Å². The Morgan fingerprint density at radius 2 is 1.45 bits per heavy atom. The highest BCUT2D eigenvalue weighted by molar-refractivity contribution is 7.89. The Morgan fingerprint density at radius 1 is 0.793 bits per heavy atom. The number of fused-ring (bicyclic) bond motifs is 1. The van der Waals surface area contributed by atoms with Crippen LogP contribution in [0.25, 0.3) is 0 Å². The molecule has 2 aromatic rings. The van der Waals surface area contributed by atoms with Crippen molar-refractivity contribution in [3.8, 4) is 0 Å². The molecule has 0 aliphatic carbocycles. The summed E-state index contributed by atoms with van der Waals surface area (Å²) in [5.41, 5.74) is 5.06. The molecule has 1 saturated heterocycles. The highest BCUT2D eigenvalue weighted by Crippen LogP contribution is 2.39. The highest BCUT2D eigenvalue weighted by atomic mass is 32.2. The first-order valence-corrected chi connectivity index (χ1v) is 12.2. The predicted molar refractivity (Wildman–Crippen MR) is 114 cm³/mol. The van der Waals surface area contributed by atoms with E-state index in [2.05, 4.69) is 21.7 Å². The van der Waals surface area contributed by atoms with E-state index in [0.717, 1.165) is 72.6 Å². The van der Waals surface area contributed by atoms with E-state index in [0.29, 0.717) is 11.4 Å². The molecule has 0 N–H and O–H groups in total. The molecule has 0 bridgehead atoms. The van der Waals surface area contributed by atoms with Gasteiger partial charge in [-0.15, -0.1) is 10.2 Å². The number of aryl methyl sites for hydroxylation is 1. The fraction of sp³-hybridized carbons (Fsp3) is 0.636. The largest absolute Gasteiger partial charge is 0.314 e. The van der Waals surface area contributed by atoms with Crippen molar-refractivity contribution in [3.63, 3.8) is 0 Å². The van der Waals surface area contributed by atoms with E-state index in [1.165, 1.54) is 12.0 Å². The van der Waals surface area contributed by atoms with Gasteiger partial charge in [-0.3, -0.25) is 0 Å². The van der Waals surface area contributed by atoms with Crippen LogP contribution in [0.3, 0.4) is 0 Å². The quantitative estimate of drug-likeness (QED) is 0.756. The summed E-state index contributed by atoms with van der Waals surface area (Å²) >= 11 is 0. The molecule has 1 unspecified atom stereocenters. The fourth-order valence-corrected chi connectivity index (χ4v) is 7.23. The van der Waals surface area contributed by atoms with Gasteiger partial charge in [-0.05, 0) is 88.1 Å². The fourth-order valence-electron chi connectivity index (χ4n) is 5.01. The summed E-state index contributed by atoms with van der Waals surface area (Å²) in [6, 6.07) is -0.222. The third-order valence-corrected chi connectivity index (χ3v) is 9.32. The molecular weight excluding hydrogens is 384 g/mol. The molecule has 3 heterocycles. The maximum Gasteiger partial charge on any atom is 0.244 e. The number of hydrogen-bond donors (Lipinski definition) is 0. The number of rotatable bonds is 3. The van der Waals surface area contributed by atoms with Crippen LogP contribution in [0.5, 0.6) is 0 Å². The summed E-state index contributed by atoms with van der Waals surface area (Å²) in [6.45, 7) is 11.4. The zero-order valence-corrected chi connectivity index (χ0v) is 19.1.